The number of hydrogen-bond donors (Lipinski definition) is 0. The van der Waals surface area contributed by atoms with Gasteiger partial charge in [-0.1, -0.05) is 109 Å². The lowest BCUT2D eigenvalue weighted by atomic mass is 10.1. The second-order valence-electron chi connectivity index (χ2n) is 5.30. The van der Waals surface area contributed by atoms with Gasteiger partial charge < -0.3 is 1.43 Å². The summed E-state index contributed by atoms with van der Waals surface area (Å²) >= 11 is 5.12. The number of rotatable bonds is 8. The number of hydrogen-bond acceptors (Lipinski definition) is 5. The molecule has 0 aliphatic carbocycles. The van der Waals surface area contributed by atoms with Crippen LogP contribution >= 0.6 is 34.9 Å². The Morgan fingerprint density at radius 3 is 1.52 bits per heavy atom. The van der Waals surface area contributed by atoms with Crippen LogP contribution in [-0.2, 0) is 11.5 Å². The minimum atomic E-state index is 0. The van der Waals surface area contributed by atoms with E-state index in [1.165, 1.54) is 11.1 Å². The SMILES string of the molecule is C=Cc1ccc(CSc2nnc(SCc3ccc(C=C)cc3)s2)cc1.[3H-]. The number of benzene rings is 2. The van der Waals surface area contributed by atoms with Crippen molar-refractivity contribution < 1.29 is 1.43 Å². The number of thioether (sulfide) groups is 2. The van der Waals surface area contributed by atoms with Gasteiger partial charge in [-0.2, -0.15) is 0 Å². The molecule has 0 saturated carbocycles. The summed E-state index contributed by atoms with van der Waals surface area (Å²) in [6, 6.07) is 16.9. The highest BCUT2D eigenvalue weighted by Crippen LogP contribution is 2.32. The third-order valence-corrected chi connectivity index (χ3v) is 6.88. The Hall–Kier alpha value is -1.82. The van der Waals surface area contributed by atoms with Gasteiger partial charge >= 0.3 is 0 Å². The summed E-state index contributed by atoms with van der Waals surface area (Å²) < 4.78 is 2.02. The molecule has 128 valence electrons. The van der Waals surface area contributed by atoms with E-state index in [9.17, 15) is 0 Å². The summed E-state index contributed by atoms with van der Waals surface area (Å²) in [6.07, 6.45) is 3.71. The normalized spacial score (nSPS) is 10.6. The quantitative estimate of drug-likeness (QED) is 0.412. The molecule has 0 aliphatic heterocycles. The molecule has 0 saturated heterocycles. The molecular weight excluding hydrogens is 364 g/mol. The predicted molar refractivity (Wildman–Crippen MR) is 113 cm³/mol. The van der Waals surface area contributed by atoms with Crippen LogP contribution in [0.4, 0.5) is 0 Å². The van der Waals surface area contributed by atoms with Crippen LogP contribution in [0.2, 0.25) is 0 Å². The van der Waals surface area contributed by atoms with Crippen molar-refractivity contribution in [2.24, 2.45) is 0 Å². The van der Waals surface area contributed by atoms with Crippen molar-refractivity contribution in [3.05, 3.63) is 83.9 Å². The summed E-state index contributed by atoms with van der Waals surface area (Å²) in [6.45, 7) is 7.55. The molecule has 3 aromatic rings. The third-order valence-electron chi connectivity index (χ3n) is 3.54. The van der Waals surface area contributed by atoms with Gasteiger partial charge in [0.05, 0.1) is 0 Å². The van der Waals surface area contributed by atoms with E-state index in [-0.39, 0.29) is 1.43 Å². The van der Waals surface area contributed by atoms with Crippen LogP contribution in [-0.4, -0.2) is 10.2 Å². The highest BCUT2D eigenvalue weighted by Gasteiger charge is 2.06. The monoisotopic (exact) mass is 385 g/mol. The first-order chi connectivity index (χ1) is 12.3. The van der Waals surface area contributed by atoms with Crippen LogP contribution in [0.25, 0.3) is 12.2 Å². The smallest absolute Gasteiger partial charge is 0.175 e. The Labute approximate surface area is 162 Å². The van der Waals surface area contributed by atoms with Crippen molar-refractivity contribution in [1.82, 2.24) is 10.2 Å². The lowest BCUT2D eigenvalue weighted by Crippen LogP contribution is -1.81. The molecule has 0 aliphatic rings. The molecule has 1 aromatic heterocycles. The minimum Gasteiger partial charge on any atom is -1.00 e. The molecule has 0 fully saturated rings. The lowest BCUT2D eigenvalue weighted by molar-refractivity contribution is 0.954. The zero-order chi connectivity index (χ0) is 17.5. The topological polar surface area (TPSA) is 25.8 Å². The molecule has 0 N–H and O–H groups in total. The van der Waals surface area contributed by atoms with Gasteiger partial charge in [0.1, 0.15) is 0 Å². The van der Waals surface area contributed by atoms with Crippen LogP contribution in [0.1, 0.15) is 23.7 Å². The Morgan fingerprint density at radius 1 is 0.760 bits per heavy atom. The standard InChI is InChI=1S/C20H18N2S3.H/c1-3-15-5-9-17(10-6-15)13-23-19-21-22-20(25-19)24-14-18-11-7-16(4-2)8-12-18;/h3-12H,1-2,13-14H2;/q;-1/i;1+2. The van der Waals surface area contributed by atoms with Gasteiger partial charge in [-0.3, -0.25) is 0 Å². The minimum absolute atomic E-state index is 0. The Bertz CT molecular complexity index is 772. The van der Waals surface area contributed by atoms with Crippen LogP contribution in [0.5, 0.6) is 0 Å². The molecule has 2 aromatic carbocycles. The molecule has 5 heteroatoms. The maximum Gasteiger partial charge on any atom is 0.175 e. The molecule has 1 heterocycles. The number of aromatic nitrogens is 2. The molecule has 0 amide bonds. The third kappa shape index (κ3) is 5.33. The van der Waals surface area contributed by atoms with E-state index in [1.807, 2.05) is 12.2 Å². The molecule has 25 heavy (non-hydrogen) atoms. The second kappa shape index (κ2) is 9.04. The highest BCUT2D eigenvalue weighted by atomic mass is 32.2. The van der Waals surface area contributed by atoms with E-state index < -0.39 is 0 Å². The van der Waals surface area contributed by atoms with Gasteiger partial charge in [-0.15, -0.1) is 10.2 Å². The van der Waals surface area contributed by atoms with Gasteiger partial charge in [-0.25, -0.2) is 0 Å². The molecule has 0 spiro atoms. The first kappa shape index (κ1) is 18.0. The summed E-state index contributed by atoms with van der Waals surface area (Å²) in [7, 11) is 0. The van der Waals surface area contributed by atoms with Crippen molar-refractivity contribution in [3.63, 3.8) is 0 Å². The molecule has 2 nitrogen and oxygen atoms in total. The number of nitrogens with zero attached hydrogens (tertiary/aromatic N) is 2. The average Bonchev–Trinajstić information content (AvgIpc) is 3.13. The molecule has 0 unspecified atom stereocenters. The summed E-state index contributed by atoms with van der Waals surface area (Å²) in [5.41, 5.74) is 4.85. The average molecular weight is 386 g/mol. The van der Waals surface area contributed by atoms with Crippen molar-refractivity contribution >= 4 is 47.0 Å². The van der Waals surface area contributed by atoms with E-state index in [0.717, 1.165) is 31.3 Å². The van der Waals surface area contributed by atoms with Gasteiger partial charge in [0.25, 0.3) is 0 Å². The maximum absolute atomic E-state index is 4.29. The fraction of sp³-hybridized carbons (Fsp3) is 0.100. The first-order valence-corrected chi connectivity index (χ1v) is 10.6. The Kier molecular flexibility index (Phi) is 6.50. The van der Waals surface area contributed by atoms with E-state index in [0.29, 0.717) is 0 Å². The fourth-order valence-corrected chi connectivity index (χ4v) is 5.04. The highest BCUT2D eigenvalue weighted by molar-refractivity contribution is 8.02. The molecule has 0 atom stereocenters. The zero-order valence-corrected chi connectivity index (χ0v) is 16.2. The van der Waals surface area contributed by atoms with Crippen LogP contribution in [0.15, 0.2) is 70.4 Å². The van der Waals surface area contributed by atoms with Crippen molar-refractivity contribution in [2.45, 2.75) is 20.2 Å². The zero-order valence-electron chi connectivity index (χ0n) is 14.7. The van der Waals surface area contributed by atoms with E-state index in [4.69, 9.17) is 0 Å². The molecular formula is C20H19N2S3-. The van der Waals surface area contributed by atoms with Gasteiger partial charge in [0, 0.05) is 11.5 Å². The second-order valence-corrected chi connectivity index (χ2v) is 8.73. The lowest BCUT2D eigenvalue weighted by Gasteiger charge is -2.00. The van der Waals surface area contributed by atoms with E-state index in [2.05, 4.69) is 71.9 Å². The largest absolute Gasteiger partial charge is 1.00 e. The molecule has 3 rings (SSSR count). The Balaban J connectivity index is 0.00000243. The van der Waals surface area contributed by atoms with Crippen molar-refractivity contribution in [2.75, 3.05) is 0 Å². The van der Waals surface area contributed by atoms with Gasteiger partial charge in [-0.05, 0) is 22.3 Å². The van der Waals surface area contributed by atoms with Crippen LogP contribution in [0.3, 0.4) is 0 Å². The first-order valence-electron chi connectivity index (χ1n) is 7.78. The van der Waals surface area contributed by atoms with Crippen molar-refractivity contribution in [3.8, 4) is 0 Å². The van der Waals surface area contributed by atoms with E-state index >= 15 is 0 Å². The fourth-order valence-electron chi connectivity index (χ4n) is 2.10. The summed E-state index contributed by atoms with van der Waals surface area (Å²) in [5.74, 6) is 1.81. The molecule has 0 bridgehead atoms. The molecule has 0 radical (unpaired) electrons. The maximum atomic E-state index is 4.29. The summed E-state index contributed by atoms with van der Waals surface area (Å²) in [4.78, 5) is 0. The van der Waals surface area contributed by atoms with Crippen molar-refractivity contribution in [1.29, 1.82) is 0 Å². The van der Waals surface area contributed by atoms with Crippen LogP contribution < -0.4 is 0 Å². The predicted octanol–water partition coefficient (Wildman–Crippen LogP) is 6.52. The van der Waals surface area contributed by atoms with Gasteiger partial charge in [0.15, 0.2) is 8.68 Å². The van der Waals surface area contributed by atoms with Crippen LogP contribution in [0, 0.1) is 0 Å². The van der Waals surface area contributed by atoms with E-state index in [1.54, 1.807) is 34.9 Å². The Morgan fingerprint density at radius 2 is 1.16 bits per heavy atom. The van der Waals surface area contributed by atoms with Gasteiger partial charge in [0.2, 0.25) is 0 Å². The summed E-state index contributed by atoms with van der Waals surface area (Å²) in [5, 5.41) is 8.57.